The van der Waals surface area contributed by atoms with E-state index in [-0.39, 0.29) is 11.5 Å². The SMILES string of the molecule is COc1cc(C=NNC(=O)c2ccc(I)c(O)c2)ccc1O. The Morgan fingerprint density at radius 2 is 2.00 bits per heavy atom. The van der Waals surface area contributed by atoms with E-state index in [1.54, 1.807) is 24.3 Å². The number of ether oxygens (including phenoxy) is 1. The van der Waals surface area contributed by atoms with Crippen molar-refractivity contribution in [1.82, 2.24) is 5.43 Å². The zero-order chi connectivity index (χ0) is 16.1. The number of amides is 1. The maximum atomic E-state index is 11.9. The second kappa shape index (κ2) is 7.12. The van der Waals surface area contributed by atoms with Gasteiger partial charge in [0.1, 0.15) is 5.75 Å². The first kappa shape index (κ1) is 16.1. The Morgan fingerprint density at radius 3 is 2.68 bits per heavy atom. The number of halogens is 1. The number of carbonyl (C=O) groups is 1. The van der Waals surface area contributed by atoms with Crippen LogP contribution in [0.1, 0.15) is 15.9 Å². The highest BCUT2D eigenvalue weighted by molar-refractivity contribution is 14.1. The summed E-state index contributed by atoms with van der Waals surface area (Å²) in [6, 6.07) is 9.29. The Morgan fingerprint density at radius 1 is 1.23 bits per heavy atom. The minimum Gasteiger partial charge on any atom is -0.507 e. The molecule has 0 heterocycles. The van der Waals surface area contributed by atoms with Crippen molar-refractivity contribution >= 4 is 34.7 Å². The highest BCUT2D eigenvalue weighted by Gasteiger charge is 2.07. The van der Waals surface area contributed by atoms with Crippen molar-refractivity contribution in [1.29, 1.82) is 0 Å². The van der Waals surface area contributed by atoms with Crippen LogP contribution in [0.3, 0.4) is 0 Å². The van der Waals surface area contributed by atoms with E-state index in [1.165, 1.54) is 25.5 Å². The normalized spacial score (nSPS) is 10.6. The Bertz CT molecular complexity index is 731. The molecule has 0 spiro atoms. The van der Waals surface area contributed by atoms with Gasteiger partial charge < -0.3 is 14.9 Å². The molecule has 22 heavy (non-hydrogen) atoms. The van der Waals surface area contributed by atoms with Crippen molar-refractivity contribution in [2.45, 2.75) is 0 Å². The highest BCUT2D eigenvalue weighted by atomic mass is 127. The second-order valence-electron chi connectivity index (χ2n) is 4.30. The molecule has 3 N–H and O–H groups in total. The van der Waals surface area contributed by atoms with Crippen LogP contribution >= 0.6 is 22.6 Å². The average molecular weight is 412 g/mol. The molecule has 2 rings (SSSR count). The molecule has 0 fully saturated rings. The summed E-state index contributed by atoms with van der Waals surface area (Å²) in [6.45, 7) is 0. The molecule has 0 unspecified atom stereocenters. The van der Waals surface area contributed by atoms with Crippen LogP contribution in [0.5, 0.6) is 17.2 Å². The van der Waals surface area contributed by atoms with Gasteiger partial charge in [0.2, 0.25) is 0 Å². The number of nitrogens with zero attached hydrogens (tertiary/aromatic N) is 1. The standard InChI is InChI=1S/C15H13IN2O4/c1-22-14-6-9(2-5-12(14)19)8-17-18-15(21)10-3-4-11(16)13(20)7-10/h2-8,19-20H,1H3,(H,18,21). The van der Waals surface area contributed by atoms with Gasteiger partial charge in [-0.15, -0.1) is 0 Å². The fraction of sp³-hybridized carbons (Fsp3) is 0.0667. The molecule has 0 aliphatic rings. The number of phenolic OH excluding ortho intramolecular Hbond substituents is 2. The van der Waals surface area contributed by atoms with Gasteiger partial charge in [0, 0.05) is 5.56 Å². The molecule has 6 nitrogen and oxygen atoms in total. The molecule has 114 valence electrons. The number of hydrogen-bond donors (Lipinski definition) is 3. The van der Waals surface area contributed by atoms with E-state index in [9.17, 15) is 15.0 Å². The summed E-state index contributed by atoms with van der Waals surface area (Å²) in [7, 11) is 1.45. The molecule has 2 aromatic rings. The summed E-state index contributed by atoms with van der Waals surface area (Å²) in [5.41, 5.74) is 3.32. The van der Waals surface area contributed by atoms with Crippen LogP contribution in [0.25, 0.3) is 0 Å². The van der Waals surface area contributed by atoms with Crippen molar-refractivity contribution in [2.75, 3.05) is 7.11 Å². The average Bonchev–Trinajstić information content (AvgIpc) is 2.51. The van der Waals surface area contributed by atoms with Crippen LogP contribution in [-0.2, 0) is 0 Å². The maximum absolute atomic E-state index is 11.9. The highest BCUT2D eigenvalue weighted by Crippen LogP contribution is 2.25. The Hall–Kier alpha value is -2.29. The van der Waals surface area contributed by atoms with Crippen LogP contribution in [0, 0.1) is 3.57 Å². The zero-order valence-electron chi connectivity index (χ0n) is 11.6. The first-order valence-corrected chi connectivity index (χ1v) is 7.28. The van der Waals surface area contributed by atoms with E-state index in [2.05, 4.69) is 10.5 Å². The van der Waals surface area contributed by atoms with E-state index in [4.69, 9.17) is 4.74 Å². The third-order valence-electron chi connectivity index (χ3n) is 2.79. The van der Waals surface area contributed by atoms with E-state index in [0.717, 1.165) is 0 Å². The molecule has 0 aliphatic heterocycles. The number of hydrazone groups is 1. The molecule has 2 aromatic carbocycles. The van der Waals surface area contributed by atoms with Gasteiger partial charge in [-0.2, -0.15) is 5.10 Å². The van der Waals surface area contributed by atoms with Crippen LogP contribution in [-0.4, -0.2) is 29.4 Å². The molecular weight excluding hydrogens is 399 g/mol. The van der Waals surface area contributed by atoms with Gasteiger partial charge in [0.25, 0.3) is 5.91 Å². The first-order valence-electron chi connectivity index (χ1n) is 6.20. The first-order chi connectivity index (χ1) is 10.5. The van der Waals surface area contributed by atoms with Gasteiger partial charge in [0.15, 0.2) is 11.5 Å². The number of rotatable bonds is 4. The smallest absolute Gasteiger partial charge is 0.271 e. The quantitative estimate of drug-likeness (QED) is 0.409. The van der Waals surface area contributed by atoms with Crippen LogP contribution in [0.15, 0.2) is 41.5 Å². The minimum absolute atomic E-state index is 0.0260. The molecule has 0 aliphatic carbocycles. The van der Waals surface area contributed by atoms with Gasteiger partial charge in [-0.1, -0.05) is 0 Å². The summed E-state index contributed by atoms with van der Waals surface area (Å²) in [6.07, 6.45) is 1.42. The van der Waals surface area contributed by atoms with Gasteiger partial charge >= 0.3 is 0 Å². The Labute approximate surface area is 140 Å². The lowest BCUT2D eigenvalue weighted by atomic mass is 10.2. The van der Waals surface area contributed by atoms with Crippen LogP contribution in [0.2, 0.25) is 0 Å². The third kappa shape index (κ3) is 3.88. The lowest BCUT2D eigenvalue weighted by molar-refractivity contribution is 0.0954. The van der Waals surface area contributed by atoms with E-state index in [1.807, 2.05) is 22.6 Å². The molecule has 7 heteroatoms. The molecule has 0 atom stereocenters. The molecule has 0 bridgehead atoms. The monoisotopic (exact) mass is 412 g/mol. The second-order valence-corrected chi connectivity index (χ2v) is 5.46. The Kier molecular flexibility index (Phi) is 5.21. The maximum Gasteiger partial charge on any atom is 0.271 e. The number of hydrogen-bond acceptors (Lipinski definition) is 5. The van der Waals surface area contributed by atoms with E-state index < -0.39 is 5.91 Å². The molecular formula is C15H13IN2O4. The number of nitrogens with one attached hydrogen (secondary N) is 1. The van der Waals surface area contributed by atoms with E-state index >= 15 is 0 Å². The summed E-state index contributed by atoms with van der Waals surface area (Å²) in [4.78, 5) is 11.9. The van der Waals surface area contributed by atoms with Crippen molar-refractivity contribution < 1.29 is 19.7 Å². The predicted molar refractivity (Wildman–Crippen MR) is 90.5 cm³/mol. The van der Waals surface area contributed by atoms with Gasteiger partial charge in [-0.25, -0.2) is 5.43 Å². The number of carbonyl (C=O) groups excluding carboxylic acids is 1. The van der Waals surface area contributed by atoms with E-state index in [0.29, 0.717) is 20.4 Å². The molecule has 0 saturated carbocycles. The Balaban J connectivity index is 2.05. The van der Waals surface area contributed by atoms with Gasteiger partial charge in [0.05, 0.1) is 16.9 Å². The lowest BCUT2D eigenvalue weighted by Gasteiger charge is -2.04. The van der Waals surface area contributed by atoms with Crippen molar-refractivity contribution in [3.05, 3.63) is 51.1 Å². The number of phenols is 2. The molecule has 0 aromatic heterocycles. The number of methoxy groups -OCH3 is 1. The van der Waals surface area contributed by atoms with Crippen molar-refractivity contribution in [2.24, 2.45) is 5.10 Å². The summed E-state index contributed by atoms with van der Waals surface area (Å²) in [5.74, 6) is -0.0509. The van der Waals surface area contributed by atoms with Crippen LogP contribution in [0.4, 0.5) is 0 Å². The van der Waals surface area contributed by atoms with Crippen molar-refractivity contribution in [3.8, 4) is 17.2 Å². The largest absolute Gasteiger partial charge is 0.507 e. The molecule has 1 amide bonds. The molecule has 0 radical (unpaired) electrons. The molecule has 0 saturated heterocycles. The number of aromatic hydroxyl groups is 2. The van der Waals surface area contributed by atoms with Crippen LogP contribution < -0.4 is 10.2 Å². The lowest BCUT2D eigenvalue weighted by Crippen LogP contribution is -2.17. The predicted octanol–water partition coefficient (Wildman–Crippen LogP) is 2.47. The minimum atomic E-state index is -0.436. The van der Waals surface area contributed by atoms with Gasteiger partial charge in [-0.3, -0.25) is 4.79 Å². The topological polar surface area (TPSA) is 91.2 Å². The summed E-state index contributed by atoms with van der Waals surface area (Å²) >= 11 is 1.97. The zero-order valence-corrected chi connectivity index (χ0v) is 13.7. The summed E-state index contributed by atoms with van der Waals surface area (Å²) in [5, 5.41) is 22.9. The third-order valence-corrected chi connectivity index (χ3v) is 3.70. The summed E-state index contributed by atoms with van der Waals surface area (Å²) < 4.78 is 5.64. The van der Waals surface area contributed by atoms with Crippen molar-refractivity contribution in [3.63, 3.8) is 0 Å². The number of benzene rings is 2. The fourth-order valence-corrected chi connectivity index (χ4v) is 1.99. The fourth-order valence-electron chi connectivity index (χ4n) is 1.66. The van der Waals surface area contributed by atoms with Gasteiger partial charge in [-0.05, 0) is 64.6 Å².